The standard InChI is InChI=1S/C17H23NO5/c1-11(13-5-6-13)18-16(19)10-23-17(20)9-12-4-7-14(21-2)15(8-12)22-3/h4,7-8,11,13H,5-6,9-10H2,1-3H3,(H,18,19)/t11-/m0/s1. The van der Waals surface area contributed by atoms with Crippen LogP contribution in [0.3, 0.4) is 0 Å². The Morgan fingerprint density at radius 1 is 1.22 bits per heavy atom. The normalized spacial score (nSPS) is 14.7. The van der Waals surface area contributed by atoms with Gasteiger partial charge in [-0.05, 0) is 43.4 Å². The Bertz CT molecular complexity index is 568. The molecule has 1 N–H and O–H groups in total. The van der Waals surface area contributed by atoms with Crippen molar-refractivity contribution in [3.63, 3.8) is 0 Å². The molecule has 6 heteroatoms. The van der Waals surface area contributed by atoms with Crippen LogP contribution in [0.4, 0.5) is 0 Å². The molecule has 0 unspecified atom stereocenters. The van der Waals surface area contributed by atoms with Gasteiger partial charge < -0.3 is 19.5 Å². The summed E-state index contributed by atoms with van der Waals surface area (Å²) in [6.07, 6.45) is 2.38. The van der Waals surface area contributed by atoms with Gasteiger partial charge in [-0.15, -0.1) is 0 Å². The number of carbonyl (C=O) groups excluding carboxylic acids is 2. The summed E-state index contributed by atoms with van der Waals surface area (Å²) in [6, 6.07) is 5.35. The molecule has 0 spiro atoms. The third-order valence-corrected chi connectivity index (χ3v) is 3.88. The molecule has 1 amide bonds. The summed E-state index contributed by atoms with van der Waals surface area (Å²) in [4.78, 5) is 23.5. The van der Waals surface area contributed by atoms with Crippen molar-refractivity contribution in [3.05, 3.63) is 23.8 Å². The van der Waals surface area contributed by atoms with E-state index in [1.807, 2.05) is 6.92 Å². The van der Waals surface area contributed by atoms with Crippen LogP contribution in [0.5, 0.6) is 11.5 Å². The second-order valence-corrected chi connectivity index (χ2v) is 5.72. The quantitative estimate of drug-likeness (QED) is 0.738. The highest BCUT2D eigenvalue weighted by molar-refractivity contribution is 5.81. The zero-order chi connectivity index (χ0) is 16.8. The van der Waals surface area contributed by atoms with E-state index in [0.29, 0.717) is 17.4 Å². The van der Waals surface area contributed by atoms with Crippen LogP contribution in [-0.2, 0) is 20.7 Å². The number of esters is 1. The van der Waals surface area contributed by atoms with Gasteiger partial charge in [0.05, 0.1) is 20.6 Å². The lowest BCUT2D eigenvalue weighted by atomic mass is 10.1. The van der Waals surface area contributed by atoms with Crippen molar-refractivity contribution >= 4 is 11.9 Å². The molecule has 1 aliphatic rings. The Hall–Kier alpha value is -2.24. The maximum absolute atomic E-state index is 11.8. The van der Waals surface area contributed by atoms with Gasteiger partial charge in [0, 0.05) is 6.04 Å². The molecule has 0 aliphatic heterocycles. The van der Waals surface area contributed by atoms with E-state index < -0.39 is 5.97 Å². The molecule has 1 aromatic rings. The first-order valence-electron chi connectivity index (χ1n) is 7.69. The van der Waals surface area contributed by atoms with Gasteiger partial charge in [0.2, 0.25) is 0 Å². The smallest absolute Gasteiger partial charge is 0.310 e. The molecule has 23 heavy (non-hydrogen) atoms. The van der Waals surface area contributed by atoms with Gasteiger partial charge >= 0.3 is 5.97 Å². The van der Waals surface area contributed by atoms with Crippen molar-refractivity contribution < 1.29 is 23.8 Å². The lowest BCUT2D eigenvalue weighted by Gasteiger charge is -2.13. The number of carbonyl (C=O) groups is 2. The van der Waals surface area contributed by atoms with Crippen LogP contribution in [0.2, 0.25) is 0 Å². The maximum Gasteiger partial charge on any atom is 0.310 e. The molecule has 0 bridgehead atoms. The summed E-state index contributed by atoms with van der Waals surface area (Å²) in [5, 5.41) is 2.84. The molecule has 1 saturated carbocycles. The van der Waals surface area contributed by atoms with E-state index in [1.165, 1.54) is 7.11 Å². The third kappa shape index (κ3) is 5.16. The minimum Gasteiger partial charge on any atom is -0.493 e. The summed E-state index contributed by atoms with van der Waals surface area (Å²) in [7, 11) is 3.08. The lowest BCUT2D eigenvalue weighted by Crippen LogP contribution is -2.37. The van der Waals surface area contributed by atoms with Crippen molar-refractivity contribution in [1.29, 1.82) is 0 Å². The summed E-state index contributed by atoms with van der Waals surface area (Å²) in [5.41, 5.74) is 0.736. The molecular weight excluding hydrogens is 298 g/mol. The number of amides is 1. The van der Waals surface area contributed by atoms with E-state index in [4.69, 9.17) is 14.2 Å². The summed E-state index contributed by atoms with van der Waals surface area (Å²) in [5.74, 6) is 1.00. The zero-order valence-corrected chi connectivity index (χ0v) is 13.8. The molecule has 126 valence electrons. The minimum atomic E-state index is -0.452. The largest absolute Gasteiger partial charge is 0.493 e. The summed E-state index contributed by atoms with van der Waals surface area (Å²) < 4.78 is 15.3. The zero-order valence-electron chi connectivity index (χ0n) is 13.8. The Balaban J connectivity index is 1.78. The van der Waals surface area contributed by atoms with Crippen LogP contribution >= 0.6 is 0 Å². The Morgan fingerprint density at radius 2 is 1.91 bits per heavy atom. The van der Waals surface area contributed by atoms with E-state index in [9.17, 15) is 9.59 Å². The van der Waals surface area contributed by atoms with Crippen molar-refractivity contribution in [1.82, 2.24) is 5.32 Å². The van der Waals surface area contributed by atoms with Gasteiger partial charge in [0.15, 0.2) is 18.1 Å². The molecule has 0 aromatic heterocycles. The molecule has 1 atom stereocenters. The maximum atomic E-state index is 11.8. The molecule has 2 rings (SSSR count). The van der Waals surface area contributed by atoms with Gasteiger partial charge in [-0.2, -0.15) is 0 Å². The van der Waals surface area contributed by atoms with Crippen molar-refractivity contribution in [2.45, 2.75) is 32.2 Å². The monoisotopic (exact) mass is 321 g/mol. The number of methoxy groups -OCH3 is 2. The predicted molar refractivity (Wildman–Crippen MR) is 84.5 cm³/mol. The summed E-state index contributed by atoms with van der Waals surface area (Å²) >= 11 is 0. The van der Waals surface area contributed by atoms with Crippen molar-refractivity contribution in [3.8, 4) is 11.5 Å². The minimum absolute atomic E-state index is 0.0752. The van der Waals surface area contributed by atoms with E-state index in [-0.39, 0.29) is 25.0 Å². The molecule has 0 saturated heterocycles. The Morgan fingerprint density at radius 3 is 2.52 bits per heavy atom. The highest BCUT2D eigenvalue weighted by Gasteiger charge is 2.28. The predicted octanol–water partition coefficient (Wildman–Crippen LogP) is 1.70. The number of benzene rings is 1. The number of rotatable bonds is 8. The van der Waals surface area contributed by atoms with Crippen LogP contribution < -0.4 is 14.8 Å². The number of hydrogen-bond donors (Lipinski definition) is 1. The highest BCUT2D eigenvalue weighted by Crippen LogP contribution is 2.32. The van der Waals surface area contributed by atoms with Crippen LogP contribution in [0, 0.1) is 5.92 Å². The first-order chi connectivity index (χ1) is 11.0. The summed E-state index contributed by atoms with van der Waals surface area (Å²) in [6.45, 7) is 1.73. The molecule has 1 aliphatic carbocycles. The fourth-order valence-electron chi connectivity index (χ4n) is 2.36. The van der Waals surface area contributed by atoms with Gasteiger partial charge in [-0.3, -0.25) is 9.59 Å². The van der Waals surface area contributed by atoms with Gasteiger partial charge in [0.1, 0.15) is 0 Å². The average molecular weight is 321 g/mol. The van der Waals surface area contributed by atoms with E-state index in [2.05, 4.69) is 5.32 Å². The molecule has 0 heterocycles. The molecule has 0 radical (unpaired) electrons. The van der Waals surface area contributed by atoms with Crippen molar-refractivity contribution in [2.75, 3.05) is 20.8 Å². The average Bonchev–Trinajstić information content (AvgIpc) is 3.37. The topological polar surface area (TPSA) is 73.9 Å². The van der Waals surface area contributed by atoms with Crippen LogP contribution in [0.25, 0.3) is 0 Å². The van der Waals surface area contributed by atoms with Gasteiger partial charge in [-0.25, -0.2) is 0 Å². The number of nitrogens with one attached hydrogen (secondary N) is 1. The van der Waals surface area contributed by atoms with Crippen LogP contribution in [0.15, 0.2) is 18.2 Å². The fraction of sp³-hybridized carbons (Fsp3) is 0.529. The number of hydrogen-bond acceptors (Lipinski definition) is 5. The van der Waals surface area contributed by atoms with Crippen molar-refractivity contribution in [2.24, 2.45) is 5.92 Å². The first-order valence-corrected chi connectivity index (χ1v) is 7.69. The van der Waals surface area contributed by atoms with E-state index in [0.717, 1.165) is 18.4 Å². The van der Waals surface area contributed by atoms with Gasteiger partial charge in [0.25, 0.3) is 5.91 Å². The second kappa shape index (κ2) is 7.85. The highest BCUT2D eigenvalue weighted by atomic mass is 16.5. The van der Waals surface area contributed by atoms with Gasteiger partial charge in [-0.1, -0.05) is 6.07 Å². The number of ether oxygens (including phenoxy) is 3. The fourth-order valence-corrected chi connectivity index (χ4v) is 2.36. The molecule has 1 fully saturated rings. The molecular formula is C17H23NO5. The second-order valence-electron chi connectivity index (χ2n) is 5.72. The van der Waals surface area contributed by atoms with E-state index in [1.54, 1.807) is 25.3 Å². The lowest BCUT2D eigenvalue weighted by molar-refractivity contribution is -0.148. The third-order valence-electron chi connectivity index (χ3n) is 3.88. The molecule has 1 aromatic carbocycles. The van der Waals surface area contributed by atoms with Crippen LogP contribution in [0.1, 0.15) is 25.3 Å². The van der Waals surface area contributed by atoms with Crippen LogP contribution in [-0.4, -0.2) is 38.7 Å². The van der Waals surface area contributed by atoms with E-state index >= 15 is 0 Å². The Labute approximate surface area is 136 Å². The Kier molecular flexibility index (Phi) is 5.84. The molecule has 6 nitrogen and oxygen atoms in total. The first kappa shape index (κ1) is 17.1. The SMILES string of the molecule is COc1ccc(CC(=O)OCC(=O)N[C@@H](C)C2CC2)cc1OC.